The first-order valence-corrected chi connectivity index (χ1v) is 10.9. The minimum absolute atomic E-state index is 0.127. The van der Waals surface area contributed by atoms with Gasteiger partial charge in [0.25, 0.3) is 0 Å². The van der Waals surface area contributed by atoms with E-state index < -0.39 is 15.8 Å². The van der Waals surface area contributed by atoms with Gasteiger partial charge in [-0.1, -0.05) is 30.3 Å². The molecule has 0 radical (unpaired) electrons. The number of rotatable bonds is 5. The normalized spacial score (nSPS) is 15.2. The lowest BCUT2D eigenvalue weighted by Crippen LogP contribution is -2.49. The molecule has 1 aliphatic rings. The Hall–Kier alpha value is -3.04. The summed E-state index contributed by atoms with van der Waals surface area (Å²) in [6.45, 7) is 1.43. The van der Waals surface area contributed by atoms with Crippen molar-refractivity contribution in [1.29, 1.82) is 0 Å². The average Bonchev–Trinajstić information content (AvgIpc) is 2.80. The van der Waals surface area contributed by atoms with E-state index in [2.05, 4.69) is 9.97 Å². The summed E-state index contributed by atoms with van der Waals surface area (Å²) in [5.41, 5.74) is 1.79. The van der Waals surface area contributed by atoms with E-state index in [1.807, 2.05) is 41.3 Å². The Bertz CT molecular complexity index is 1130. The number of aromatic nitrogens is 2. The number of ether oxygens (including phenoxy) is 1. The Morgan fingerprint density at radius 2 is 1.70 bits per heavy atom. The van der Waals surface area contributed by atoms with Crippen LogP contribution in [0, 0.1) is 5.82 Å². The van der Waals surface area contributed by atoms with Gasteiger partial charge in [-0.15, -0.1) is 0 Å². The molecular weight excluding hydrogens is 407 g/mol. The van der Waals surface area contributed by atoms with Crippen LogP contribution in [0.2, 0.25) is 0 Å². The summed E-state index contributed by atoms with van der Waals surface area (Å²) in [4.78, 5) is 10.5. The predicted molar refractivity (Wildman–Crippen MR) is 111 cm³/mol. The molecule has 1 aliphatic heterocycles. The van der Waals surface area contributed by atoms with Crippen molar-refractivity contribution in [2.24, 2.45) is 0 Å². The number of halogens is 1. The van der Waals surface area contributed by atoms with Gasteiger partial charge < -0.3 is 9.64 Å². The zero-order chi connectivity index (χ0) is 21.1. The van der Waals surface area contributed by atoms with E-state index in [1.54, 1.807) is 0 Å². The first-order chi connectivity index (χ1) is 14.5. The molecule has 0 saturated carbocycles. The third-order valence-electron chi connectivity index (χ3n) is 5.03. The third-order valence-corrected chi connectivity index (χ3v) is 6.95. The lowest BCUT2D eigenvalue weighted by atomic mass is 10.1. The molecule has 0 unspecified atom stereocenters. The SMILES string of the molecule is COc1ccc(F)cc1S(=O)(=O)N1CCN(c2cc(-c3ccccc3)ncn2)CC1. The zero-order valence-electron chi connectivity index (χ0n) is 16.4. The van der Waals surface area contributed by atoms with Crippen LogP contribution in [0.1, 0.15) is 0 Å². The largest absolute Gasteiger partial charge is 0.495 e. The van der Waals surface area contributed by atoms with Gasteiger partial charge in [-0.25, -0.2) is 22.8 Å². The highest BCUT2D eigenvalue weighted by Gasteiger charge is 2.31. The number of hydrogen-bond donors (Lipinski definition) is 0. The molecule has 30 heavy (non-hydrogen) atoms. The van der Waals surface area contributed by atoms with Crippen LogP contribution in [0.25, 0.3) is 11.3 Å². The van der Waals surface area contributed by atoms with Gasteiger partial charge in [0.05, 0.1) is 12.8 Å². The van der Waals surface area contributed by atoms with Gasteiger partial charge in [0, 0.05) is 37.8 Å². The lowest BCUT2D eigenvalue weighted by molar-refractivity contribution is 0.372. The van der Waals surface area contributed by atoms with Crippen molar-refractivity contribution in [3.05, 3.63) is 66.7 Å². The molecule has 156 valence electrons. The summed E-state index contributed by atoms with van der Waals surface area (Å²) in [6, 6.07) is 15.2. The highest BCUT2D eigenvalue weighted by Crippen LogP contribution is 2.29. The molecule has 0 amide bonds. The van der Waals surface area contributed by atoms with Crippen LogP contribution in [0.5, 0.6) is 5.75 Å². The molecule has 0 atom stereocenters. The minimum Gasteiger partial charge on any atom is -0.495 e. The molecule has 0 N–H and O–H groups in total. The van der Waals surface area contributed by atoms with E-state index in [0.717, 1.165) is 23.1 Å². The Morgan fingerprint density at radius 1 is 0.967 bits per heavy atom. The van der Waals surface area contributed by atoms with E-state index >= 15 is 0 Å². The Labute approximate surface area is 174 Å². The predicted octanol–water partition coefficient (Wildman–Crippen LogP) is 2.80. The second-order valence-electron chi connectivity index (χ2n) is 6.81. The van der Waals surface area contributed by atoms with E-state index in [-0.39, 0.29) is 23.7 Å². The standard InChI is InChI=1S/C21H21FN4O3S/c1-29-19-8-7-17(22)13-20(19)30(27,28)26-11-9-25(10-12-26)21-14-18(23-15-24-21)16-5-3-2-4-6-16/h2-8,13-15H,9-12H2,1H3. The van der Waals surface area contributed by atoms with Crippen LogP contribution in [0.3, 0.4) is 0 Å². The number of benzene rings is 2. The molecule has 4 rings (SSSR count). The number of piperazine rings is 1. The third kappa shape index (κ3) is 3.99. The van der Waals surface area contributed by atoms with Gasteiger partial charge in [-0.05, 0) is 18.2 Å². The summed E-state index contributed by atoms with van der Waals surface area (Å²) in [7, 11) is -2.51. The fourth-order valence-electron chi connectivity index (χ4n) is 3.44. The van der Waals surface area contributed by atoms with Crippen molar-refractivity contribution >= 4 is 15.8 Å². The summed E-state index contributed by atoms with van der Waals surface area (Å²) in [6.07, 6.45) is 1.51. The number of sulfonamides is 1. The Kier molecular flexibility index (Phi) is 5.65. The monoisotopic (exact) mass is 428 g/mol. The first-order valence-electron chi connectivity index (χ1n) is 9.45. The van der Waals surface area contributed by atoms with Crippen molar-refractivity contribution in [3.63, 3.8) is 0 Å². The van der Waals surface area contributed by atoms with E-state index in [9.17, 15) is 12.8 Å². The number of methoxy groups -OCH3 is 1. The van der Waals surface area contributed by atoms with Crippen molar-refractivity contribution in [2.75, 3.05) is 38.2 Å². The van der Waals surface area contributed by atoms with Crippen LogP contribution in [-0.4, -0.2) is 56.0 Å². The molecule has 1 aromatic heterocycles. The van der Waals surface area contributed by atoms with Gasteiger partial charge in [0.1, 0.15) is 28.6 Å². The van der Waals surface area contributed by atoms with Gasteiger partial charge in [0.2, 0.25) is 10.0 Å². The molecule has 0 spiro atoms. The van der Waals surface area contributed by atoms with Crippen molar-refractivity contribution < 1.29 is 17.5 Å². The molecular formula is C21H21FN4O3S. The van der Waals surface area contributed by atoms with Crippen LogP contribution in [0.15, 0.2) is 65.8 Å². The van der Waals surface area contributed by atoms with Crippen LogP contribution in [0.4, 0.5) is 10.2 Å². The van der Waals surface area contributed by atoms with E-state index in [1.165, 1.54) is 29.9 Å². The van der Waals surface area contributed by atoms with E-state index in [0.29, 0.717) is 13.1 Å². The summed E-state index contributed by atoms with van der Waals surface area (Å²) in [5.74, 6) is 0.244. The van der Waals surface area contributed by atoms with Crippen molar-refractivity contribution in [3.8, 4) is 17.0 Å². The number of anilines is 1. The van der Waals surface area contributed by atoms with Crippen molar-refractivity contribution in [2.45, 2.75) is 4.90 Å². The summed E-state index contributed by atoms with van der Waals surface area (Å²) >= 11 is 0. The average molecular weight is 428 g/mol. The summed E-state index contributed by atoms with van der Waals surface area (Å²) < 4.78 is 46.2. The molecule has 3 aromatic rings. The van der Waals surface area contributed by atoms with Gasteiger partial charge in [0.15, 0.2) is 0 Å². The molecule has 2 aromatic carbocycles. The fraction of sp³-hybridized carbons (Fsp3) is 0.238. The van der Waals surface area contributed by atoms with Crippen LogP contribution < -0.4 is 9.64 Å². The van der Waals surface area contributed by atoms with Gasteiger partial charge in [-0.3, -0.25) is 0 Å². The van der Waals surface area contributed by atoms with Crippen LogP contribution in [-0.2, 0) is 10.0 Å². The zero-order valence-corrected chi connectivity index (χ0v) is 17.2. The maximum Gasteiger partial charge on any atom is 0.246 e. The molecule has 1 fully saturated rings. The molecule has 2 heterocycles. The summed E-state index contributed by atoms with van der Waals surface area (Å²) in [5, 5.41) is 0. The Balaban J connectivity index is 1.51. The Morgan fingerprint density at radius 3 is 2.40 bits per heavy atom. The molecule has 7 nitrogen and oxygen atoms in total. The van der Waals surface area contributed by atoms with Gasteiger partial charge >= 0.3 is 0 Å². The molecule has 1 saturated heterocycles. The fourth-order valence-corrected chi connectivity index (χ4v) is 5.02. The lowest BCUT2D eigenvalue weighted by Gasteiger charge is -2.34. The maximum atomic E-state index is 13.7. The second kappa shape index (κ2) is 8.37. The smallest absolute Gasteiger partial charge is 0.246 e. The topological polar surface area (TPSA) is 75.6 Å². The highest BCUT2D eigenvalue weighted by molar-refractivity contribution is 7.89. The molecule has 0 bridgehead atoms. The molecule has 9 heteroatoms. The quantitative estimate of drug-likeness (QED) is 0.622. The highest BCUT2D eigenvalue weighted by atomic mass is 32.2. The molecule has 0 aliphatic carbocycles. The first kappa shape index (κ1) is 20.2. The van der Waals surface area contributed by atoms with Crippen molar-refractivity contribution in [1.82, 2.24) is 14.3 Å². The maximum absolute atomic E-state index is 13.7. The second-order valence-corrected chi connectivity index (χ2v) is 8.72. The number of nitrogens with zero attached hydrogens (tertiary/aromatic N) is 4. The van der Waals surface area contributed by atoms with Crippen LogP contribution >= 0.6 is 0 Å². The number of hydrogen-bond acceptors (Lipinski definition) is 6. The minimum atomic E-state index is -3.88. The van der Waals surface area contributed by atoms with Gasteiger partial charge in [-0.2, -0.15) is 4.31 Å². The van der Waals surface area contributed by atoms with E-state index in [4.69, 9.17) is 4.74 Å².